The molecule has 0 aromatic heterocycles. The second-order valence-electron chi connectivity index (χ2n) is 6.28. The van der Waals surface area contributed by atoms with E-state index < -0.39 is 35.9 Å². The largest absolute Gasteiger partial charge is 0.468 e. The molecule has 0 radical (unpaired) electrons. The van der Waals surface area contributed by atoms with Gasteiger partial charge in [-0.25, -0.2) is 4.79 Å². The van der Waals surface area contributed by atoms with Gasteiger partial charge in [-0.3, -0.25) is 4.79 Å². The van der Waals surface area contributed by atoms with Crippen LogP contribution in [0.25, 0.3) is 0 Å². The molecule has 0 spiro atoms. The minimum absolute atomic E-state index is 0.477. The van der Waals surface area contributed by atoms with Crippen molar-refractivity contribution in [2.45, 2.75) is 63.8 Å². The van der Waals surface area contributed by atoms with Crippen LogP contribution in [-0.2, 0) is 14.3 Å². The fourth-order valence-corrected chi connectivity index (χ4v) is 2.37. The van der Waals surface area contributed by atoms with E-state index in [1.807, 2.05) is 0 Å². The summed E-state index contributed by atoms with van der Waals surface area (Å²) in [5.74, 6) is -0.697. The maximum Gasteiger partial charge on any atom is 0.410 e. The molecule has 122 valence electrons. The Morgan fingerprint density at radius 3 is 2.48 bits per heavy atom. The average molecular weight is 302 g/mol. The van der Waals surface area contributed by atoms with Crippen molar-refractivity contribution >= 4 is 12.1 Å². The number of nitrogens with two attached hydrogens (primary N) is 1. The summed E-state index contributed by atoms with van der Waals surface area (Å²) in [6, 6.07) is -1.72. The maximum atomic E-state index is 12.2. The number of hydrogen-bond donors (Lipinski definition) is 2. The van der Waals surface area contributed by atoms with Crippen LogP contribution in [0.5, 0.6) is 0 Å². The van der Waals surface area contributed by atoms with Crippen molar-refractivity contribution < 1.29 is 24.2 Å². The first-order valence-electron chi connectivity index (χ1n) is 7.18. The van der Waals surface area contributed by atoms with Gasteiger partial charge in [0, 0.05) is 6.54 Å². The van der Waals surface area contributed by atoms with E-state index in [0.29, 0.717) is 13.0 Å². The van der Waals surface area contributed by atoms with Crippen LogP contribution < -0.4 is 5.73 Å². The van der Waals surface area contributed by atoms with E-state index in [0.717, 1.165) is 12.8 Å². The molecule has 3 atom stereocenters. The minimum atomic E-state index is -1.18. The van der Waals surface area contributed by atoms with Gasteiger partial charge in [-0.1, -0.05) is 0 Å². The summed E-state index contributed by atoms with van der Waals surface area (Å²) < 4.78 is 9.88. The van der Waals surface area contributed by atoms with Crippen LogP contribution in [0.3, 0.4) is 0 Å². The Kier molecular flexibility index (Phi) is 5.98. The zero-order valence-electron chi connectivity index (χ0n) is 13.2. The smallest absolute Gasteiger partial charge is 0.410 e. The second-order valence-corrected chi connectivity index (χ2v) is 6.28. The highest BCUT2D eigenvalue weighted by Gasteiger charge is 2.39. The predicted molar refractivity (Wildman–Crippen MR) is 76.6 cm³/mol. The molecule has 1 amide bonds. The lowest BCUT2D eigenvalue weighted by Gasteiger charge is -2.40. The molecule has 1 rings (SSSR count). The highest BCUT2D eigenvalue weighted by Crippen LogP contribution is 2.23. The van der Waals surface area contributed by atoms with Gasteiger partial charge in [-0.05, 0) is 40.0 Å². The molecule has 1 fully saturated rings. The Hall–Kier alpha value is -1.34. The number of esters is 1. The summed E-state index contributed by atoms with van der Waals surface area (Å²) in [4.78, 5) is 25.1. The van der Waals surface area contributed by atoms with Crippen molar-refractivity contribution in [3.05, 3.63) is 0 Å². The molecule has 0 bridgehead atoms. The minimum Gasteiger partial charge on any atom is -0.468 e. The van der Waals surface area contributed by atoms with Crippen molar-refractivity contribution in [1.29, 1.82) is 0 Å². The van der Waals surface area contributed by atoms with Crippen molar-refractivity contribution in [3.8, 4) is 0 Å². The molecule has 0 aromatic carbocycles. The van der Waals surface area contributed by atoms with Crippen LogP contribution in [0, 0.1) is 0 Å². The summed E-state index contributed by atoms with van der Waals surface area (Å²) in [6.07, 6.45) is 0.587. The average Bonchev–Trinajstić information content (AvgIpc) is 2.43. The van der Waals surface area contributed by atoms with E-state index >= 15 is 0 Å². The maximum absolute atomic E-state index is 12.2. The van der Waals surface area contributed by atoms with Crippen LogP contribution >= 0.6 is 0 Å². The molecular weight excluding hydrogens is 276 g/mol. The number of methoxy groups -OCH3 is 1. The molecule has 1 saturated heterocycles. The van der Waals surface area contributed by atoms with Crippen molar-refractivity contribution in [2.75, 3.05) is 13.7 Å². The lowest BCUT2D eigenvalue weighted by molar-refractivity contribution is -0.146. The number of amides is 1. The van der Waals surface area contributed by atoms with Gasteiger partial charge >= 0.3 is 12.1 Å². The standard InChI is InChI=1S/C14H26N2O5/c1-14(2,3)21-13(19)16-8-6-5-7-9(16)11(17)10(15)12(18)20-4/h9-11,17H,5-8,15H2,1-4H3/t9-,10+,11+/m1/s1. The third kappa shape index (κ3) is 4.86. The quantitative estimate of drug-likeness (QED) is 0.742. The lowest BCUT2D eigenvalue weighted by atomic mass is 9.93. The molecule has 0 aliphatic carbocycles. The molecule has 7 heteroatoms. The van der Waals surface area contributed by atoms with E-state index in [4.69, 9.17) is 10.5 Å². The Bertz CT molecular complexity index is 380. The first-order valence-corrected chi connectivity index (χ1v) is 7.18. The summed E-state index contributed by atoms with van der Waals surface area (Å²) >= 11 is 0. The van der Waals surface area contributed by atoms with Gasteiger partial charge < -0.3 is 25.2 Å². The normalized spacial score (nSPS) is 22.4. The lowest BCUT2D eigenvalue weighted by Crippen LogP contribution is -2.58. The fourth-order valence-electron chi connectivity index (χ4n) is 2.37. The third-order valence-electron chi connectivity index (χ3n) is 3.41. The zero-order valence-corrected chi connectivity index (χ0v) is 13.2. The molecule has 0 unspecified atom stereocenters. The monoisotopic (exact) mass is 302 g/mol. The van der Waals surface area contributed by atoms with Crippen LogP contribution in [0.2, 0.25) is 0 Å². The molecule has 1 aliphatic rings. The molecule has 3 N–H and O–H groups in total. The second kappa shape index (κ2) is 7.09. The van der Waals surface area contributed by atoms with E-state index in [-0.39, 0.29) is 0 Å². The van der Waals surface area contributed by atoms with E-state index in [1.54, 1.807) is 20.8 Å². The van der Waals surface area contributed by atoms with Gasteiger partial charge in [-0.2, -0.15) is 0 Å². The molecule has 0 aromatic rings. The van der Waals surface area contributed by atoms with Crippen molar-refractivity contribution in [1.82, 2.24) is 4.90 Å². The van der Waals surface area contributed by atoms with Gasteiger partial charge in [0.1, 0.15) is 17.7 Å². The van der Waals surface area contributed by atoms with Crippen LogP contribution in [0.4, 0.5) is 4.79 Å². The Morgan fingerprint density at radius 2 is 1.95 bits per heavy atom. The molecular formula is C14H26N2O5. The predicted octanol–water partition coefficient (Wildman–Crippen LogP) is 0.637. The summed E-state index contributed by atoms with van der Waals surface area (Å²) in [5, 5.41) is 10.3. The zero-order chi connectivity index (χ0) is 16.2. The van der Waals surface area contributed by atoms with Crippen LogP contribution in [0.15, 0.2) is 0 Å². The van der Waals surface area contributed by atoms with E-state index in [2.05, 4.69) is 4.74 Å². The van der Waals surface area contributed by atoms with Gasteiger partial charge in [0.2, 0.25) is 0 Å². The van der Waals surface area contributed by atoms with Crippen LogP contribution in [-0.4, -0.2) is 59.5 Å². The number of rotatable bonds is 3. The van der Waals surface area contributed by atoms with Crippen molar-refractivity contribution in [3.63, 3.8) is 0 Å². The summed E-state index contributed by atoms with van der Waals surface area (Å²) in [6.45, 7) is 5.81. The molecule has 1 aliphatic heterocycles. The number of likely N-dealkylation sites (tertiary alicyclic amines) is 1. The number of ether oxygens (including phenoxy) is 2. The van der Waals surface area contributed by atoms with E-state index in [1.165, 1.54) is 12.0 Å². The molecule has 0 saturated carbocycles. The summed E-state index contributed by atoms with van der Waals surface area (Å²) in [7, 11) is 1.21. The number of piperidine rings is 1. The number of aliphatic hydroxyl groups is 1. The third-order valence-corrected chi connectivity index (χ3v) is 3.41. The number of nitrogens with zero attached hydrogens (tertiary/aromatic N) is 1. The van der Waals surface area contributed by atoms with E-state index in [9.17, 15) is 14.7 Å². The van der Waals surface area contributed by atoms with Crippen LogP contribution in [0.1, 0.15) is 40.0 Å². The van der Waals surface area contributed by atoms with Gasteiger partial charge in [-0.15, -0.1) is 0 Å². The van der Waals surface area contributed by atoms with Crippen molar-refractivity contribution in [2.24, 2.45) is 5.73 Å². The SMILES string of the molecule is COC(=O)[C@@H](N)[C@@H](O)[C@H]1CCCCN1C(=O)OC(C)(C)C. The fraction of sp³-hybridized carbons (Fsp3) is 0.857. The number of aliphatic hydroxyl groups excluding tert-OH is 1. The summed E-state index contributed by atoms with van der Waals surface area (Å²) in [5.41, 5.74) is 5.07. The molecule has 7 nitrogen and oxygen atoms in total. The Labute approximate surface area is 125 Å². The number of carbonyl (C=O) groups excluding carboxylic acids is 2. The molecule has 1 heterocycles. The first kappa shape index (κ1) is 17.7. The Morgan fingerprint density at radius 1 is 1.33 bits per heavy atom. The number of hydrogen-bond acceptors (Lipinski definition) is 6. The van der Waals surface area contributed by atoms with Gasteiger partial charge in [0.15, 0.2) is 0 Å². The number of carbonyl (C=O) groups is 2. The first-order chi connectivity index (χ1) is 9.67. The highest BCUT2D eigenvalue weighted by molar-refractivity contribution is 5.76. The molecule has 21 heavy (non-hydrogen) atoms. The Balaban J connectivity index is 2.81. The highest BCUT2D eigenvalue weighted by atomic mass is 16.6. The van der Waals surface area contributed by atoms with Gasteiger partial charge in [0.25, 0.3) is 0 Å². The van der Waals surface area contributed by atoms with Gasteiger partial charge in [0.05, 0.1) is 13.2 Å². The topological polar surface area (TPSA) is 102 Å².